The Morgan fingerprint density at radius 3 is 2.31 bits per heavy atom. The van der Waals surface area contributed by atoms with Crippen molar-refractivity contribution in [1.29, 1.82) is 0 Å². The van der Waals surface area contributed by atoms with Gasteiger partial charge < -0.3 is 54.3 Å². The van der Waals surface area contributed by atoms with Crippen LogP contribution in [0.15, 0.2) is 11.6 Å². The van der Waals surface area contributed by atoms with Gasteiger partial charge in [0.05, 0.1) is 24.9 Å². The molecule has 12 heteroatoms. The van der Waals surface area contributed by atoms with E-state index in [0.717, 1.165) is 38.6 Å². The summed E-state index contributed by atoms with van der Waals surface area (Å²) in [5.74, 6) is 3.74. The maximum atomic E-state index is 11.1. The van der Waals surface area contributed by atoms with Gasteiger partial charge in [-0.1, -0.05) is 39.3 Å². The van der Waals surface area contributed by atoms with Crippen molar-refractivity contribution in [2.75, 3.05) is 13.2 Å². The third-order valence-electron chi connectivity index (χ3n) is 15.8. The fraction of sp³-hybridized carbons (Fsp3) is 0.949. The molecule has 3 saturated carbocycles. The number of allylic oxidation sites excluding steroid dienone is 1. The molecule has 0 bridgehead atoms. The topological polar surface area (TPSA) is 180 Å². The highest BCUT2D eigenvalue weighted by molar-refractivity contribution is 5.26. The Hall–Kier alpha value is -0.740. The first-order valence-electron chi connectivity index (χ1n) is 20.0. The lowest BCUT2D eigenvalue weighted by molar-refractivity contribution is -0.360. The van der Waals surface area contributed by atoms with Gasteiger partial charge in [-0.2, -0.15) is 0 Å². The summed E-state index contributed by atoms with van der Waals surface area (Å²) < 4.78 is 30.7. The zero-order chi connectivity index (χ0) is 36.2. The average molecular weight is 722 g/mol. The molecule has 0 aromatic carbocycles. The molecular formula is C39H63NO11. The number of ether oxygens (including phenoxy) is 5. The molecule has 0 aromatic rings. The summed E-state index contributed by atoms with van der Waals surface area (Å²) in [5, 5.41) is 67.0. The summed E-state index contributed by atoms with van der Waals surface area (Å²) in [4.78, 5) is 0. The van der Waals surface area contributed by atoms with Crippen molar-refractivity contribution in [2.24, 2.45) is 46.3 Å². The molecule has 4 saturated heterocycles. The van der Waals surface area contributed by atoms with Crippen LogP contribution in [0.4, 0.5) is 0 Å². The summed E-state index contributed by atoms with van der Waals surface area (Å²) in [6.45, 7) is 11.9. The fourth-order valence-corrected chi connectivity index (χ4v) is 12.7. The normalized spacial score (nSPS) is 58.4. The van der Waals surface area contributed by atoms with Gasteiger partial charge in [0.25, 0.3) is 0 Å². The molecule has 21 atom stereocenters. The van der Waals surface area contributed by atoms with Gasteiger partial charge in [0.15, 0.2) is 12.6 Å². The molecule has 4 aliphatic carbocycles. The van der Waals surface area contributed by atoms with E-state index in [1.807, 2.05) is 0 Å². The van der Waals surface area contributed by atoms with Crippen LogP contribution >= 0.6 is 0 Å². The third kappa shape index (κ3) is 5.84. The maximum Gasteiger partial charge on any atom is 0.187 e. The predicted molar refractivity (Wildman–Crippen MR) is 184 cm³/mol. The van der Waals surface area contributed by atoms with Gasteiger partial charge in [-0.15, -0.1) is 0 Å². The summed E-state index contributed by atoms with van der Waals surface area (Å²) in [6, 6.07) is 0. The number of rotatable bonds is 5. The Morgan fingerprint density at radius 2 is 1.59 bits per heavy atom. The molecular weight excluding hydrogens is 658 g/mol. The van der Waals surface area contributed by atoms with E-state index in [9.17, 15) is 30.6 Å². The molecule has 7 fully saturated rings. The van der Waals surface area contributed by atoms with E-state index in [0.29, 0.717) is 47.0 Å². The number of hydrogen-bond acceptors (Lipinski definition) is 12. The van der Waals surface area contributed by atoms with Crippen molar-refractivity contribution in [3.63, 3.8) is 0 Å². The lowest BCUT2D eigenvalue weighted by atomic mass is 9.47. The van der Waals surface area contributed by atoms with Crippen LogP contribution in [0.2, 0.25) is 0 Å². The number of aliphatic hydroxyl groups excluding tert-OH is 6. The largest absolute Gasteiger partial charge is 0.394 e. The molecule has 3 unspecified atom stereocenters. The van der Waals surface area contributed by atoms with Crippen molar-refractivity contribution >= 4 is 0 Å². The van der Waals surface area contributed by atoms with E-state index >= 15 is 0 Å². The van der Waals surface area contributed by atoms with Crippen LogP contribution in [-0.2, 0) is 23.7 Å². The van der Waals surface area contributed by atoms with Crippen LogP contribution in [-0.4, -0.2) is 123 Å². The van der Waals surface area contributed by atoms with Crippen LogP contribution < -0.4 is 5.32 Å². The summed E-state index contributed by atoms with van der Waals surface area (Å²) >= 11 is 0. The van der Waals surface area contributed by atoms with Gasteiger partial charge in [-0.25, -0.2) is 0 Å². The molecule has 8 aliphatic rings. The van der Waals surface area contributed by atoms with E-state index < -0.39 is 68.0 Å². The van der Waals surface area contributed by atoms with Gasteiger partial charge in [0.2, 0.25) is 0 Å². The quantitative estimate of drug-likeness (QED) is 0.206. The van der Waals surface area contributed by atoms with Gasteiger partial charge in [0, 0.05) is 12.5 Å². The molecule has 0 aromatic heterocycles. The minimum absolute atomic E-state index is 0.0881. The lowest BCUT2D eigenvalue weighted by Crippen LogP contribution is -2.64. The van der Waals surface area contributed by atoms with Gasteiger partial charge >= 0.3 is 0 Å². The molecule has 7 N–H and O–H groups in total. The first-order valence-corrected chi connectivity index (χ1v) is 20.0. The second-order valence-electron chi connectivity index (χ2n) is 18.4. The molecule has 51 heavy (non-hydrogen) atoms. The maximum absolute atomic E-state index is 11.1. The third-order valence-corrected chi connectivity index (χ3v) is 15.8. The molecule has 8 rings (SSSR count). The van der Waals surface area contributed by atoms with Crippen LogP contribution in [0.5, 0.6) is 0 Å². The summed E-state index contributed by atoms with van der Waals surface area (Å²) in [7, 11) is 0. The Morgan fingerprint density at radius 1 is 0.843 bits per heavy atom. The van der Waals surface area contributed by atoms with Crippen LogP contribution in [0, 0.1) is 46.3 Å². The minimum atomic E-state index is -1.60. The Labute approximate surface area is 302 Å². The van der Waals surface area contributed by atoms with Crippen molar-refractivity contribution in [3.05, 3.63) is 11.6 Å². The minimum Gasteiger partial charge on any atom is -0.394 e. The van der Waals surface area contributed by atoms with E-state index in [4.69, 9.17) is 23.7 Å². The fourth-order valence-electron chi connectivity index (χ4n) is 12.7. The van der Waals surface area contributed by atoms with Gasteiger partial charge in [-0.3, -0.25) is 5.32 Å². The van der Waals surface area contributed by atoms with E-state index in [1.165, 1.54) is 38.2 Å². The second kappa shape index (κ2) is 13.5. The van der Waals surface area contributed by atoms with Crippen LogP contribution in [0.3, 0.4) is 0 Å². The zero-order valence-corrected chi connectivity index (χ0v) is 31.0. The molecule has 12 nitrogen and oxygen atoms in total. The second-order valence-corrected chi connectivity index (χ2v) is 18.4. The number of nitrogens with one attached hydrogen (secondary N) is 1. The Bertz CT molecular complexity index is 1310. The molecule has 4 aliphatic heterocycles. The van der Waals surface area contributed by atoms with Gasteiger partial charge in [0.1, 0.15) is 48.5 Å². The van der Waals surface area contributed by atoms with E-state index in [2.05, 4.69) is 39.1 Å². The van der Waals surface area contributed by atoms with E-state index in [-0.39, 0.29) is 17.2 Å². The number of hydrogen-bond donors (Lipinski definition) is 7. The first kappa shape index (κ1) is 37.2. The zero-order valence-electron chi connectivity index (χ0n) is 31.0. The van der Waals surface area contributed by atoms with Crippen molar-refractivity contribution in [1.82, 2.24) is 5.32 Å². The highest BCUT2D eigenvalue weighted by Gasteiger charge is 2.68. The molecule has 290 valence electrons. The van der Waals surface area contributed by atoms with Crippen LogP contribution in [0.1, 0.15) is 92.4 Å². The summed E-state index contributed by atoms with van der Waals surface area (Å²) in [5.41, 5.74) is 1.66. The van der Waals surface area contributed by atoms with Crippen molar-refractivity contribution < 1.29 is 54.3 Å². The van der Waals surface area contributed by atoms with Crippen LogP contribution in [0.25, 0.3) is 0 Å². The van der Waals surface area contributed by atoms with Gasteiger partial charge in [-0.05, 0) is 105 Å². The highest BCUT2D eigenvalue weighted by Crippen LogP contribution is 2.70. The Kier molecular flexibility index (Phi) is 9.83. The number of fused-ring (bicyclic) bond motifs is 7. The SMILES string of the molecule is CC1CCC2(NC1)O[C@H]1C[C@H]3[C@@H]4CC=C5CC(O[C@@H]6O[C@H](CO)[C@@H](O[C@@H]7O[C@@H](C)[C@H](O)[C@@H](O)[C@H]7O)[C@H](O)[C@H]6O)CC[C@]5(C)[C@H]4CC[C@]3(C)[C@H]1[C@@H]2C. The lowest BCUT2D eigenvalue weighted by Gasteiger charge is -2.59. The van der Waals surface area contributed by atoms with Crippen molar-refractivity contribution in [2.45, 2.75) is 172 Å². The summed E-state index contributed by atoms with van der Waals surface area (Å²) in [6.07, 6.45) is -1.11. The highest BCUT2D eigenvalue weighted by atomic mass is 16.7. The average Bonchev–Trinajstić information content (AvgIpc) is 3.56. The Balaban J connectivity index is 0.915. The van der Waals surface area contributed by atoms with E-state index in [1.54, 1.807) is 0 Å². The predicted octanol–water partition coefficient (Wildman–Crippen LogP) is 1.96. The molecule has 1 spiro atoms. The monoisotopic (exact) mass is 721 g/mol. The van der Waals surface area contributed by atoms with Crippen molar-refractivity contribution in [3.8, 4) is 0 Å². The molecule has 0 radical (unpaired) electrons. The standard InChI is InChI=1S/C39H63NO11/c1-18-8-13-39(40-16-18)19(2)28-26(51-39)15-25-23-7-6-21-14-22(9-11-37(21,4)24(23)10-12-38(25,28)5)48-36-33(46)31(44)34(27(17-41)49-36)50-35-32(45)30(43)29(42)20(3)47-35/h6,18-20,22-36,40-46H,7-17H2,1-5H3/t18?,19-,20-,22?,23+,24-,25-,26-,27+,28-,29-,30+,31+,32+,33+,34+,35-,36+,37-,38-,39?/m0/s1. The number of aliphatic hydroxyl groups is 6. The smallest absolute Gasteiger partial charge is 0.187 e. The molecule has 4 heterocycles. The first-order chi connectivity index (χ1) is 24.2. The molecule has 0 amide bonds. The number of piperidine rings is 1.